The van der Waals surface area contributed by atoms with Crippen molar-refractivity contribution in [2.45, 2.75) is 33.7 Å². The molecular formula is C30H28N2O4. The van der Waals surface area contributed by atoms with Crippen molar-refractivity contribution in [3.63, 3.8) is 0 Å². The molecule has 0 bridgehead atoms. The zero-order chi connectivity index (χ0) is 25.7. The number of aromatic nitrogens is 1. The normalized spacial score (nSPS) is 17.2. The lowest BCUT2D eigenvalue weighted by Gasteiger charge is -2.26. The van der Waals surface area contributed by atoms with Crippen LogP contribution in [0, 0.1) is 27.7 Å². The first kappa shape index (κ1) is 23.4. The molecule has 0 saturated carbocycles. The van der Waals surface area contributed by atoms with E-state index < -0.39 is 17.7 Å². The van der Waals surface area contributed by atoms with Crippen molar-refractivity contribution < 1.29 is 19.4 Å². The van der Waals surface area contributed by atoms with Crippen molar-refractivity contribution in [3.8, 4) is 5.75 Å². The van der Waals surface area contributed by atoms with Crippen molar-refractivity contribution in [2.75, 3.05) is 12.0 Å². The topological polar surface area (TPSA) is 82.6 Å². The number of nitrogens with zero attached hydrogens (tertiary/aromatic N) is 1. The summed E-state index contributed by atoms with van der Waals surface area (Å²) >= 11 is 0. The molecule has 0 aliphatic carbocycles. The number of hydrogen-bond donors (Lipinski definition) is 2. The molecule has 6 heteroatoms. The molecule has 2 heterocycles. The predicted molar refractivity (Wildman–Crippen MR) is 141 cm³/mol. The quantitative estimate of drug-likeness (QED) is 0.212. The number of carbonyl (C=O) groups excluding carboxylic acids is 2. The SMILES string of the molecule is COc1ccc(/C(O)=C2\C(=O)C(=O)N(c3ccc(C)c(C)c3)C2c2c(C)[nH]c3ccccc23)c(C)c1. The molecule has 1 aromatic heterocycles. The number of ether oxygens (including phenoxy) is 1. The van der Waals surface area contributed by atoms with Crippen LogP contribution in [0.25, 0.3) is 16.7 Å². The number of aromatic amines is 1. The first-order valence-corrected chi connectivity index (χ1v) is 11.8. The zero-order valence-corrected chi connectivity index (χ0v) is 21.0. The number of nitrogens with one attached hydrogen (secondary N) is 1. The van der Waals surface area contributed by atoms with Gasteiger partial charge < -0.3 is 14.8 Å². The van der Waals surface area contributed by atoms with E-state index in [1.165, 1.54) is 4.90 Å². The number of aliphatic hydroxyl groups excluding tert-OH is 1. The fraction of sp³-hybridized carbons (Fsp3) is 0.200. The minimum Gasteiger partial charge on any atom is -0.507 e. The second kappa shape index (κ2) is 8.72. The maximum absolute atomic E-state index is 13.6. The number of carbonyl (C=O) groups is 2. The molecule has 3 aromatic carbocycles. The second-order valence-corrected chi connectivity index (χ2v) is 9.33. The van der Waals surface area contributed by atoms with Gasteiger partial charge in [-0.05, 0) is 80.8 Å². The summed E-state index contributed by atoms with van der Waals surface area (Å²) < 4.78 is 5.30. The van der Waals surface area contributed by atoms with Gasteiger partial charge in [0.05, 0.1) is 18.7 Å². The molecule has 1 aliphatic heterocycles. The molecule has 1 unspecified atom stereocenters. The summed E-state index contributed by atoms with van der Waals surface area (Å²) in [5.74, 6) is -0.936. The molecule has 5 rings (SSSR count). The Kier molecular flexibility index (Phi) is 5.67. The van der Waals surface area contributed by atoms with Crippen LogP contribution in [0.5, 0.6) is 5.75 Å². The first-order valence-electron chi connectivity index (χ1n) is 11.8. The third-order valence-corrected chi connectivity index (χ3v) is 7.12. The third kappa shape index (κ3) is 3.57. The van der Waals surface area contributed by atoms with E-state index in [-0.39, 0.29) is 11.3 Å². The number of rotatable bonds is 4. The van der Waals surface area contributed by atoms with Crippen LogP contribution in [-0.2, 0) is 9.59 Å². The largest absolute Gasteiger partial charge is 0.507 e. The number of amides is 1. The van der Waals surface area contributed by atoms with E-state index in [1.807, 2.05) is 70.2 Å². The number of benzene rings is 3. The Balaban J connectivity index is 1.82. The van der Waals surface area contributed by atoms with Gasteiger partial charge in [0.15, 0.2) is 0 Å². The van der Waals surface area contributed by atoms with Crippen molar-refractivity contribution in [3.05, 3.63) is 99.7 Å². The van der Waals surface area contributed by atoms with Crippen molar-refractivity contribution >= 4 is 34.0 Å². The molecule has 0 radical (unpaired) electrons. The average Bonchev–Trinajstić information content (AvgIpc) is 3.32. The number of methoxy groups -OCH3 is 1. The Bertz CT molecular complexity index is 1580. The number of H-pyrrole nitrogens is 1. The van der Waals surface area contributed by atoms with Gasteiger partial charge in [-0.1, -0.05) is 24.3 Å². The Morgan fingerprint density at radius 1 is 0.917 bits per heavy atom. The molecular weight excluding hydrogens is 452 g/mol. The highest BCUT2D eigenvalue weighted by Gasteiger charge is 2.48. The maximum atomic E-state index is 13.6. The van der Waals surface area contributed by atoms with Crippen LogP contribution >= 0.6 is 0 Å². The monoisotopic (exact) mass is 480 g/mol. The second-order valence-electron chi connectivity index (χ2n) is 9.33. The zero-order valence-electron chi connectivity index (χ0n) is 21.0. The molecule has 182 valence electrons. The summed E-state index contributed by atoms with van der Waals surface area (Å²) in [6.07, 6.45) is 0. The lowest BCUT2D eigenvalue weighted by atomic mass is 9.92. The Labute approximate surface area is 209 Å². The lowest BCUT2D eigenvalue weighted by molar-refractivity contribution is -0.132. The minimum absolute atomic E-state index is 0.0688. The van der Waals surface area contributed by atoms with E-state index in [0.29, 0.717) is 17.0 Å². The van der Waals surface area contributed by atoms with Gasteiger partial charge in [0.25, 0.3) is 11.7 Å². The van der Waals surface area contributed by atoms with Gasteiger partial charge in [0, 0.05) is 33.4 Å². The number of fused-ring (bicyclic) bond motifs is 1. The molecule has 1 aliphatic rings. The summed E-state index contributed by atoms with van der Waals surface area (Å²) in [5.41, 5.74) is 6.51. The van der Waals surface area contributed by atoms with Crippen LogP contribution in [0.1, 0.15) is 39.6 Å². The van der Waals surface area contributed by atoms with E-state index in [9.17, 15) is 14.7 Å². The summed E-state index contributed by atoms with van der Waals surface area (Å²) in [6.45, 7) is 7.74. The highest BCUT2D eigenvalue weighted by molar-refractivity contribution is 6.52. The number of anilines is 1. The summed E-state index contributed by atoms with van der Waals surface area (Å²) in [5, 5.41) is 12.5. The molecule has 0 spiro atoms. The van der Waals surface area contributed by atoms with Crippen LogP contribution in [0.4, 0.5) is 5.69 Å². The average molecular weight is 481 g/mol. The third-order valence-electron chi connectivity index (χ3n) is 7.12. The van der Waals surface area contributed by atoms with Crippen LogP contribution < -0.4 is 9.64 Å². The van der Waals surface area contributed by atoms with Gasteiger partial charge in [-0.15, -0.1) is 0 Å². The smallest absolute Gasteiger partial charge is 0.300 e. The first-order chi connectivity index (χ1) is 17.2. The van der Waals surface area contributed by atoms with Crippen molar-refractivity contribution in [2.24, 2.45) is 0 Å². The van der Waals surface area contributed by atoms with E-state index in [4.69, 9.17) is 4.74 Å². The van der Waals surface area contributed by atoms with E-state index >= 15 is 0 Å². The number of ketones is 1. The maximum Gasteiger partial charge on any atom is 0.300 e. The molecule has 6 nitrogen and oxygen atoms in total. The molecule has 1 amide bonds. The number of para-hydroxylation sites is 1. The molecule has 1 atom stereocenters. The summed E-state index contributed by atoms with van der Waals surface area (Å²) in [4.78, 5) is 32.1. The van der Waals surface area contributed by atoms with Crippen LogP contribution in [0.2, 0.25) is 0 Å². The molecule has 4 aromatic rings. The molecule has 2 N–H and O–H groups in total. The van der Waals surface area contributed by atoms with Gasteiger partial charge >= 0.3 is 0 Å². The highest BCUT2D eigenvalue weighted by atomic mass is 16.5. The lowest BCUT2D eigenvalue weighted by Crippen LogP contribution is -2.29. The fourth-order valence-corrected chi connectivity index (χ4v) is 5.07. The van der Waals surface area contributed by atoms with Crippen LogP contribution in [0.15, 0.2) is 66.2 Å². The van der Waals surface area contributed by atoms with Crippen molar-refractivity contribution in [1.82, 2.24) is 4.98 Å². The van der Waals surface area contributed by atoms with Crippen LogP contribution in [0.3, 0.4) is 0 Å². The van der Waals surface area contributed by atoms with Gasteiger partial charge in [-0.2, -0.15) is 0 Å². The van der Waals surface area contributed by atoms with E-state index in [0.717, 1.165) is 38.9 Å². The molecule has 36 heavy (non-hydrogen) atoms. The Hall–Kier alpha value is -4.32. The Morgan fingerprint density at radius 2 is 1.67 bits per heavy atom. The molecule has 1 fully saturated rings. The summed E-state index contributed by atoms with van der Waals surface area (Å²) in [7, 11) is 1.57. The highest BCUT2D eigenvalue weighted by Crippen LogP contribution is 2.46. The van der Waals surface area contributed by atoms with Gasteiger partial charge in [0.2, 0.25) is 0 Å². The number of aryl methyl sites for hydroxylation is 4. The number of hydrogen-bond acceptors (Lipinski definition) is 4. The summed E-state index contributed by atoms with van der Waals surface area (Å²) in [6, 6.07) is 17.9. The van der Waals surface area contributed by atoms with E-state index in [1.54, 1.807) is 25.3 Å². The Morgan fingerprint density at radius 3 is 2.36 bits per heavy atom. The van der Waals surface area contributed by atoms with Gasteiger partial charge in [-0.25, -0.2) is 0 Å². The van der Waals surface area contributed by atoms with Gasteiger partial charge in [0.1, 0.15) is 11.5 Å². The standard InChI is InChI=1S/C30H28N2O4/c1-16-10-11-20(14-17(16)2)32-27(25-19(4)31-24-9-7-6-8-23(24)25)26(29(34)30(32)35)28(33)22-13-12-21(36-5)15-18(22)3/h6-15,27,31,33H,1-5H3/b28-26+. The van der Waals surface area contributed by atoms with E-state index in [2.05, 4.69) is 4.98 Å². The molecule has 1 saturated heterocycles. The van der Waals surface area contributed by atoms with Gasteiger partial charge in [-0.3, -0.25) is 14.5 Å². The predicted octanol–water partition coefficient (Wildman–Crippen LogP) is 6.04. The van der Waals surface area contributed by atoms with Crippen molar-refractivity contribution in [1.29, 1.82) is 0 Å². The number of Topliss-reactive ketones (excluding diaryl/α,β-unsaturated/α-hetero) is 1. The van der Waals surface area contributed by atoms with Crippen LogP contribution in [-0.4, -0.2) is 28.9 Å². The minimum atomic E-state index is -0.801. The fourth-order valence-electron chi connectivity index (χ4n) is 5.07. The number of aliphatic hydroxyl groups is 1.